The maximum absolute atomic E-state index is 12.9. The van der Waals surface area contributed by atoms with Crippen LogP contribution in [0.25, 0.3) is 0 Å². The molecular weight excluding hydrogens is 399 g/mol. The van der Waals surface area contributed by atoms with Crippen LogP contribution in [0.3, 0.4) is 0 Å². The molecule has 1 fully saturated rings. The summed E-state index contributed by atoms with van der Waals surface area (Å²) < 4.78 is 24.0. The first kappa shape index (κ1) is 20.8. The molecule has 1 saturated heterocycles. The fourth-order valence-corrected chi connectivity index (χ4v) is 3.55. The van der Waals surface area contributed by atoms with Gasteiger partial charge in [-0.05, 0) is 49.6 Å². The van der Waals surface area contributed by atoms with Gasteiger partial charge < -0.3 is 19.5 Å². The second-order valence-corrected chi connectivity index (χ2v) is 7.60. The lowest BCUT2D eigenvalue weighted by atomic mass is 10.1. The highest BCUT2D eigenvalue weighted by Crippen LogP contribution is 2.30. The predicted octanol–water partition coefficient (Wildman–Crippen LogP) is 4.19. The molecule has 4 rings (SSSR count). The van der Waals surface area contributed by atoms with Crippen molar-refractivity contribution >= 4 is 6.03 Å². The molecule has 0 bridgehead atoms. The lowest BCUT2D eigenvalue weighted by Gasteiger charge is -2.22. The van der Waals surface area contributed by atoms with E-state index in [1.54, 1.807) is 17.0 Å². The predicted molar refractivity (Wildman–Crippen MR) is 112 cm³/mol. The largest absolute Gasteiger partial charge is 0.493 e. The number of aromatic nitrogens is 2. The third-order valence-corrected chi connectivity index (χ3v) is 5.25. The molecule has 1 unspecified atom stereocenters. The first-order valence-corrected chi connectivity index (χ1v) is 10.4. The van der Waals surface area contributed by atoms with Crippen LogP contribution in [0.15, 0.2) is 53.1 Å². The summed E-state index contributed by atoms with van der Waals surface area (Å²) in [5.74, 6) is 1.24. The van der Waals surface area contributed by atoms with Gasteiger partial charge in [0.25, 0.3) is 0 Å². The minimum atomic E-state index is -0.306. The van der Waals surface area contributed by atoms with Gasteiger partial charge in [-0.2, -0.15) is 4.98 Å². The Morgan fingerprint density at radius 2 is 2.00 bits per heavy atom. The summed E-state index contributed by atoms with van der Waals surface area (Å²) in [6.07, 6.45) is 2.12. The maximum atomic E-state index is 12.9. The Morgan fingerprint density at radius 3 is 2.77 bits per heavy atom. The quantitative estimate of drug-likeness (QED) is 0.615. The number of aryl methyl sites for hydroxylation is 1. The number of ether oxygens (including phenoxy) is 1. The molecule has 0 spiro atoms. The Balaban J connectivity index is 1.30. The number of hydrogen-bond donors (Lipinski definition) is 1. The van der Waals surface area contributed by atoms with E-state index in [2.05, 4.69) is 15.5 Å². The number of hydrogen-bond acceptors (Lipinski definition) is 5. The van der Waals surface area contributed by atoms with Crippen molar-refractivity contribution in [2.75, 3.05) is 13.2 Å². The van der Waals surface area contributed by atoms with Crippen LogP contribution in [0.4, 0.5) is 9.18 Å². The van der Waals surface area contributed by atoms with E-state index in [4.69, 9.17) is 9.26 Å². The standard InChI is InChI=1S/C23H25FN4O3/c1-16-4-6-17(7-5-16)15-25-23(29)28-13-2-3-20(28)22-26-21(27-31-22)12-14-30-19-10-8-18(24)9-11-19/h4-11,20H,2-3,12-15H2,1H3,(H,25,29). The number of likely N-dealkylation sites (tertiary alicyclic amines) is 1. The SMILES string of the molecule is Cc1ccc(CNC(=O)N2CCCC2c2nc(CCOc3ccc(F)cc3)no2)cc1. The molecule has 162 valence electrons. The van der Waals surface area contributed by atoms with Crippen molar-refractivity contribution in [1.29, 1.82) is 0 Å². The monoisotopic (exact) mass is 424 g/mol. The zero-order chi connectivity index (χ0) is 21.6. The van der Waals surface area contributed by atoms with E-state index in [9.17, 15) is 9.18 Å². The fraction of sp³-hybridized carbons (Fsp3) is 0.348. The molecule has 8 heteroatoms. The number of rotatable bonds is 7. The lowest BCUT2D eigenvalue weighted by Crippen LogP contribution is -2.39. The number of halogens is 1. The zero-order valence-corrected chi connectivity index (χ0v) is 17.4. The number of carbonyl (C=O) groups excluding carboxylic acids is 1. The van der Waals surface area contributed by atoms with Crippen molar-refractivity contribution in [1.82, 2.24) is 20.4 Å². The molecule has 1 aromatic heterocycles. The van der Waals surface area contributed by atoms with Crippen LogP contribution >= 0.6 is 0 Å². The van der Waals surface area contributed by atoms with Gasteiger partial charge in [0.05, 0.1) is 6.61 Å². The van der Waals surface area contributed by atoms with Gasteiger partial charge in [0.1, 0.15) is 17.6 Å². The van der Waals surface area contributed by atoms with Gasteiger partial charge in [-0.1, -0.05) is 35.0 Å². The van der Waals surface area contributed by atoms with Gasteiger partial charge in [-0.3, -0.25) is 0 Å². The smallest absolute Gasteiger partial charge is 0.318 e. The summed E-state index contributed by atoms with van der Waals surface area (Å²) in [5.41, 5.74) is 2.24. The van der Waals surface area contributed by atoms with E-state index < -0.39 is 0 Å². The van der Waals surface area contributed by atoms with Crippen molar-refractivity contribution in [3.63, 3.8) is 0 Å². The minimum absolute atomic E-state index is 0.137. The summed E-state index contributed by atoms with van der Waals surface area (Å²) >= 11 is 0. The highest BCUT2D eigenvalue weighted by Gasteiger charge is 2.34. The van der Waals surface area contributed by atoms with Crippen LogP contribution in [-0.4, -0.2) is 34.2 Å². The summed E-state index contributed by atoms with van der Waals surface area (Å²) in [4.78, 5) is 18.9. The van der Waals surface area contributed by atoms with E-state index in [0.717, 1.165) is 18.4 Å². The first-order valence-electron chi connectivity index (χ1n) is 10.4. The molecule has 1 aliphatic rings. The Hall–Kier alpha value is -3.42. The number of urea groups is 1. The van der Waals surface area contributed by atoms with Gasteiger partial charge >= 0.3 is 6.03 Å². The Kier molecular flexibility index (Phi) is 6.45. The Labute approximate surface area is 180 Å². The van der Waals surface area contributed by atoms with E-state index in [0.29, 0.717) is 43.6 Å². The van der Waals surface area contributed by atoms with Crippen molar-refractivity contribution in [3.05, 3.63) is 77.2 Å². The fourth-order valence-electron chi connectivity index (χ4n) is 3.55. The number of amides is 2. The minimum Gasteiger partial charge on any atom is -0.493 e. The van der Waals surface area contributed by atoms with Crippen LogP contribution < -0.4 is 10.1 Å². The molecule has 2 heterocycles. The van der Waals surface area contributed by atoms with Crippen LogP contribution in [0.2, 0.25) is 0 Å². The number of nitrogens with one attached hydrogen (secondary N) is 1. The van der Waals surface area contributed by atoms with Gasteiger partial charge in [0.2, 0.25) is 5.89 Å². The molecule has 2 amide bonds. The van der Waals surface area contributed by atoms with Crippen molar-refractivity contribution < 1.29 is 18.4 Å². The highest BCUT2D eigenvalue weighted by atomic mass is 19.1. The second-order valence-electron chi connectivity index (χ2n) is 7.60. The van der Waals surface area contributed by atoms with Crippen molar-refractivity contribution in [2.24, 2.45) is 0 Å². The summed E-state index contributed by atoms with van der Waals surface area (Å²) in [7, 11) is 0. The summed E-state index contributed by atoms with van der Waals surface area (Å²) in [5, 5.41) is 6.99. The molecule has 1 N–H and O–H groups in total. The van der Waals surface area contributed by atoms with Crippen LogP contribution in [0.1, 0.15) is 41.7 Å². The van der Waals surface area contributed by atoms with Crippen LogP contribution in [-0.2, 0) is 13.0 Å². The van der Waals surface area contributed by atoms with Crippen LogP contribution in [0, 0.1) is 12.7 Å². The van der Waals surface area contributed by atoms with Gasteiger partial charge in [0.15, 0.2) is 5.82 Å². The maximum Gasteiger partial charge on any atom is 0.318 e. The first-order chi connectivity index (χ1) is 15.1. The number of benzene rings is 2. The molecule has 31 heavy (non-hydrogen) atoms. The number of nitrogens with zero attached hydrogens (tertiary/aromatic N) is 3. The lowest BCUT2D eigenvalue weighted by molar-refractivity contribution is 0.180. The van der Waals surface area contributed by atoms with Gasteiger partial charge in [-0.25, -0.2) is 9.18 Å². The molecule has 0 aliphatic carbocycles. The molecule has 7 nitrogen and oxygen atoms in total. The third kappa shape index (κ3) is 5.39. The van der Waals surface area contributed by atoms with Gasteiger partial charge in [-0.15, -0.1) is 0 Å². The molecule has 3 aromatic rings. The van der Waals surface area contributed by atoms with Crippen molar-refractivity contribution in [3.8, 4) is 5.75 Å². The highest BCUT2D eigenvalue weighted by molar-refractivity contribution is 5.75. The van der Waals surface area contributed by atoms with E-state index in [1.165, 1.54) is 17.7 Å². The molecule has 1 aliphatic heterocycles. The average Bonchev–Trinajstić information content (AvgIpc) is 3.44. The van der Waals surface area contributed by atoms with Crippen molar-refractivity contribution in [2.45, 2.75) is 38.8 Å². The van der Waals surface area contributed by atoms with E-state index >= 15 is 0 Å². The van der Waals surface area contributed by atoms with E-state index in [1.807, 2.05) is 31.2 Å². The normalized spacial score (nSPS) is 15.8. The molecule has 0 saturated carbocycles. The average molecular weight is 424 g/mol. The Morgan fingerprint density at radius 1 is 1.23 bits per heavy atom. The number of carbonyl (C=O) groups is 1. The van der Waals surface area contributed by atoms with E-state index in [-0.39, 0.29) is 17.9 Å². The molecular formula is C23H25FN4O3. The topological polar surface area (TPSA) is 80.5 Å². The van der Waals surface area contributed by atoms with Crippen LogP contribution in [0.5, 0.6) is 5.75 Å². The summed E-state index contributed by atoms with van der Waals surface area (Å²) in [6.45, 7) is 3.49. The molecule has 0 radical (unpaired) electrons. The molecule has 2 aromatic carbocycles. The zero-order valence-electron chi connectivity index (χ0n) is 17.4. The molecule has 1 atom stereocenters. The second kappa shape index (κ2) is 9.59. The van der Waals surface area contributed by atoms with Gasteiger partial charge in [0, 0.05) is 19.5 Å². The Bertz CT molecular complexity index is 1000. The third-order valence-electron chi connectivity index (χ3n) is 5.25. The summed E-state index contributed by atoms with van der Waals surface area (Å²) in [6, 6.07) is 13.6.